The molecule has 0 aromatic heterocycles. The smallest absolute Gasteiger partial charge is 0.381 e. The number of likely N-dealkylation sites (N-methyl/N-ethyl adjacent to an activating group) is 1. The molecule has 7 nitrogen and oxygen atoms in total. The van der Waals surface area contributed by atoms with E-state index in [0.29, 0.717) is 11.0 Å². The van der Waals surface area contributed by atoms with Gasteiger partial charge in [-0.25, -0.2) is 9.36 Å². The van der Waals surface area contributed by atoms with Gasteiger partial charge in [-0.05, 0) is 19.4 Å². The van der Waals surface area contributed by atoms with E-state index >= 15 is 0 Å². The number of rotatable bonds is 8. The van der Waals surface area contributed by atoms with Gasteiger partial charge >= 0.3 is 13.6 Å². The minimum absolute atomic E-state index is 0.0648. The van der Waals surface area contributed by atoms with Crippen LogP contribution in [0.1, 0.15) is 20.8 Å². The Balaban J connectivity index is 0. The lowest BCUT2D eigenvalue weighted by Gasteiger charge is -2.24. The van der Waals surface area contributed by atoms with Crippen LogP contribution in [0.5, 0.6) is 0 Å². The Morgan fingerprint density at radius 2 is 1.57 bits per heavy atom. The summed E-state index contributed by atoms with van der Waals surface area (Å²) in [4.78, 5) is 20.8. The van der Waals surface area contributed by atoms with Crippen LogP contribution in [0.25, 0.3) is 0 Å². The molecule has 0 fully saturated rings. The molecular weight excluding hydrogens is 321 g/mol. The maximum Gasteiger partial charge on any atom is 0.381 e. The zero-order valence-corrected chi connectivity index (χ0v) is 15.8. The summed E-state index contributed by atoms with van der Waals surface area (Å²) in [5.41, 5.74) is 0.281. The molecule has 134 valence electrons. The summed E-state index contributed by atoms with van der Waals surface area (Å²) in [6.45, 7) is 12.1. The summed E-state index contributed by atoms with van der Waals surface area (Å²) >= 11 is 0. The Hall–Kier alpha value is -1.43. The van der Waals surface area contributed by atoms with Crippen LogP contribution in [-0.2, 0) is 23.2 Å². The van der Waals surface area contributed by atoms with Crippen LogP contribution in [0.3, 0.4) is 0 Å². The average molecular weight is 349 g/mol. The topological polar surface area (TPSA) is 92.7 Å². The number of carbonyl (C=O) groups is 2. The van der Waals surface area contributed by atoms with Gasteiger partial charge in [0.2, 0.25) is 0 Å². The summed E-state index contributed by atoms with van der Waals surface area (Å²) in [5, 5.41) is 9.49. The first-order chi connectivity index (χ1) is 10.2. The summed E-state index contributed by atoms with van der Waals surface area (Å²) < 4.78 is 22.8. The van der Waals surface area contributed by atoms with Gasteiger partial charge in [0.1, 0.15) is 13.2 Å². The maximum absolute atomic E-state index is 12.1. The zero-order chi connectivity index (χ0) is 18.8. The second-order valence-electron chi connectivity index (χ2n) is 6.00. The van der Waals surface area contributed by atoms with E-state index in [9.17, 15) is 19.3 Å². The lowest BCUT2D eigenvalue weighted by Crippen LogP contribution is -2.37. The average Bonchev–Trinajstić information content (AvgIpc) is 2.37. The first-order valence-electron chi connectivity index (χ1n) is 7.04. The molecule has 1 atom stereocenters. The quantitative estimate of drug-likeness (QED) is 0.373. The molecule has 0 aromatic rings. The number of nitrogens with zero attached hydrogens (tertiary/aromatic N) is 1. The molecule has 0 N–H and O–H groups in total. The van der Waals surface area contributed by atoms with Crippen molar-refractivity contribution in [2.24, 2.45) is 0 Å². The summed E-state index contributed by atoms with van der Waals surface area (Å²) in [5.74, 6) is -1.85. The van der Waals surface area contributed by atoms with Crippen LogP contribution in [0, 0.1) is 0 Å². The number of aliphatic carboxylic acids is 1. The molecule has 0 spiro atoms. The predicted octanol–water partition coefficient (Wildman–Crippen LogP) is 1.35. The van der Waals surface area contributed by atoms with Gasteiger partial charge in [-0.2, -0.15) is 0 Å². The highest BCUT2D eigenvalue weighted by atomic mass is 31.2. The molecule has 0 bridgehead atoms. The van der Waals surface area contributed by atoms with E-state index in [2.05, 4.69) is 13.2 Å². The fourth-order valence-corrected chi connectivity index (χ4v) is 1.97. The lowest BCUT2D eigenvalue weighted by molar-refractivity contribution is -0.870. The molecule has 23 heavy (non-hydrogen) atoms. The number of quaternary nitrogens is 1. The molecule has 1 unspecified atom stereocenters. The van der Waals surface area contributed by atoms with Crippen molar-refractivity contribution in [1.29, 1.82) is 0 Å². The number of carboxylic acid groups (broad SMARTS) is 1. The van der Waals surface area contributed by atoms with E-state index in [1.807, 2.05) is 21.1 Å². The molecule has 0 saturated carbocycles. The van der Waals surface area contributed by atoms with Gasteiger partial charge in [-0.3, -0.25) is 4.52 Å². The number of hydrogen-bond donors (Lipinski definition) is 0. The Kier molecular flexibility index (Phi) is 10.7. The standard InChI is InChI=1S/C11H23NO4P.C4H6O2/c1-7-17(14,16-11(13)10(2)3)15-9-8-12(4,5)6;1-3(2)4(5)6/h2,7-9H2,1,3-6H3;1H2,2H3,(H,5,6)/q+1;/p-1. The fourth-order valence-electron chi connectivity index (χ4n) is 0.840. The fraction of sp³-hybridized carbons (Fsp3) is 0.600. The van der Waals surface area contributed by atoms with E-state index in [1.165, 1.54) is 13.8 Å². The van der Waals surface area contributed by atoms with Crippen molar-refractivity contribution in [3.8, 4) is 0 Å². The zero-order valence-electron chi connectivity index (χ0n) is 14.9. The first kappa shape index (κ1) is 23.8. The number of carboxylic acids is 1. The van der Waals surface area contributed by atoms with Crippen molar-refractivity contribution >= 4 is 19.5 Å². The second kappa shape index (κ2) is 10.4. The van der Waals surface area contributed by atoms with Crippen molar-refractivity contribution in [1.82, 2.24) is 0 Å². The molecule has 0 rings (SSSR count). The molecule has 0 heterocycles. The Morgan fingerprint density at radius 1 is 1.13 bits per heavy atom. The molecule has 0 amide bonds. The van der Waals surface area contributed by atoms with Crippen LogP contribution in [-0.4, -0.2) is 56.9 Å². The maximum atomic E-state index is 12.1. The second-order valence-corrected chi connectivity index (χ2v) is 8.30. The van der Waals surface area contributed by atoms with Crippen LogP contribution in [0.4, 0.5) is 0 Å². The third-order valence-electron chi connectivity index (χ3n) is 2.36. The van der Waals surface area contributed by atoms with Crippen molar-refractivity contribution in [2.45, 2.75) is 20.8 Å². The van der Waals surface area contributed by atoms with Gasteiger partial charge in [0, 0.05) is 5.57 Å². The summed E-state index contributed by atoms with van der Waals surface area (Å²) in [6.07, 6.45) is 0.170. The van der Waals surface area contributed by atoms with Crippen molar-refractivity contribution in [3.05, 3.63) is 24.3 Å². The molecule has 0 saturated heterocycles. The number of carbonyl (C=O) groups excluding carboxylic acids is 2. The third-order valence-corrected chi connectivity index (χ3v) is 4.15. The summed E-state index contributed by atoms with van der Waals surface area (Å²) in [6, 6.07) is 0. The molecule has 8 heteroatoms. The van der Waals surface area contributed by atoms with Gasteiger partial charge in [-0.1, -0.05) is 20.1 Å². The molecular formula is C15H28NO6P. The van der Waals surface area contributed by atoms with Gasteiger partial charge in [0.25, 0.3) is 0 Å². The monoisotopic (exact) mass is 349 g/mol. The van der Waals surface area contributed by atoms with Gasteiger partial charge in [-0.15, -0.1) is 0 Å². The SMILES string of the molecule is C=C(C)C(=O)OP(=O)(CC)OCC[N+](C)(C)C.C=C(C)C(=O)[O-]. The van der Waals surface area contributed by atoms with Gasteiger partial charge in [0.15, 0.2) is 0 Å². The lowest BCUT2D eigenvalue weighted by atomic mass is 10.4. The molecule has 0 aliphatic carbocycles. The van der Waals surface area contributed by atoms with E-state index in [1.54, 1.807) is 6.92 Å². The highest BCUT2D eigenvalue weighted by molar-refractivity contribution is 7.54. The van der Waals surface area contributed by atoms with E-state index in [4.69, 9.17) is 9.05 Å². The highest BCUT2D eigenvalue weighted by Crippen LogP contribution is 2.48. The van der Waals surface area contributed by atoms with Crippen LogP contribution >= 0.6 is 7.60 Å². The first-order valence-corrected chi connectivity index (χ1v) is 8.77. The molecule has 0 aliphatic heterocycles. The van der Waals surface area contributed by atoms with Gasteiger partial charge < -0.3 is 18.9 Å². The Morgan fingerprint density at radius 3 is 1.83 bits per heavy atom. The largest absolute Gasteiger partial charge is 0.545 e. The molecule has 0 aromatic carbocycles. The van der Waals surface area contributed by atoms with Gasteiger partial charge in [0.05, 0.1) is 33.3 Å². The van der Waals surface area contributed by atoms with E-state index < -0.39 is 19.5 Å². The minimum atomic E-state index is -3.32. The summed E-state index contributed by atoms with van der Waals surface area (Å²) in [7, 11) is 2.68. The molecule has 0 aliphatic rings. The highest BCUT2D eigenvalue weighted by Gasteiger charge is 2.27. The van der Waals surface area contributed by atoms with Crippen LogP contribution < -0.4 is 5.11 Å². The van der Waals surface area contributed by atoms with Crippen molar-refractivity contribution in [2.75, 3.05) is 40.5 Å². The van der Waals surface area contributed by atoms with E-state index in [0.717, 1.165) is 0 Å². The Labute approximate surface area is 138 Å². The van der Waals surface area contributed by atoms with Crippen LogP contribution in [0.2, 0.25) is 0 Å². The van der Waals surface area contributed by atoms with E-state index in [-0.39, 0.29) is 23.9 Å². The minimum Gasteiger partial charge on any atom is -0.545 e. The molecule has 0 radical (unpaired) electrons. The Bertz CT molecular complexity index is 481. The number of hydrogen-bond acceptors (Lipinski definition) is 6. The predicted molar refractivity (Wildman–Crippen MR) is 87.7 cm³/mol. The van der Waals surface area contributed by atoms with Crippen molar-refractivity contribution in [3.63, 3.8) is 0 Å². The van der Waals surface area contributed by atoms with Crippen molar-refractivity contribution < 1.29 is 32.8 Å². The third kappa shape index (κ3) is 13.9. The van der Waals surface area contributed by atoms with Crippen LogP contribution in [0.15, 0.2) is 24.3 Å². The normalized spacial score (nSPS) is 13.1.